The number of thioether (sulfide) groups is 1. The van der Waals surface area contributed by atoms with Crippen molar-refractivity contribution in [3.05, 3.63) is 40.2 Å². The van der Waals surface area contributed by atoms with Crippen LogP contribution in [0.1, 0.15) is 5.56 Å². The number of benzene rings is 1. The molecule has 26 heavy (non-hydrogen) atoms. The summed E-state index contributed by atoms with van der Waals surface area (Å²) in [5, 5.41) is 14.5. The predicted molar refractivity (Wildman–Crippen MR) is 106 cm³/mol. The van der Waals surface area contributed by atoms with Gasteiger partial charge < -0.3 is 14.6 Å². The Bertz CT molecular complexity index is 925. The van der Waals surface area contributed by atoms with E-state index in [0.29, 0.717) is 21.6 Å². The van der Waals surface area contributed by atoms with Gasteiger partial charge in [0.2, 0.25) is 5.91 Å². The van der Waals surface area contributed by atoms with Crippen LogP contribution in [0.2, 0.25) is 5.02 Å². The highest BCUT2D eigenvalue weighted by atomic mass is 35.5. The lowest BCUT2D eigenvalue weighted by molar-refractivity contribution is -0.113. The van der Waals surface area contributed by atoms with E-state index in [4.69, 9.17) is 16.3 Å². The maximum absolute atomic E-state index is 12.3. The number of amides is 1. The molecule has 6 nitrogen and oxygen atoms in total. The maximum Gasteiger partial charge on any atom is 0.234 e. The second kappa shape index (κ2) is 8.11. The van der Waals surface area contributed by atoms with Crippen LogP contribution in [-0.2, 0) is 11.8 Å². The SMILES string of the molecule is COc1cc(Cl)c(C)cc1NC(=O)CSc1nnc(-c2cccs2)n1C. The number of hydrogen-bond acceptors (Lipinski definition) is 6. The molecule has 1 amide bonds. The van der Waals surface area contributed by atoms with E-state index in [2.05, 4.69) is 15.5 Å². The van der Waals surface area contributed by atoms with E-state index in [0.717, 1.165) is 16.3 Å². The molecule has 0 radical (unpaired) electrons. The quantitative estimate of drug-likeness (QED) is 0.617. The Morgan fingerprint density at radius 1 is 1.42 bits per heavy atom. The number of carbonyl (C=O) groups excluding carboxylic acids is 1. The monoisotopic (exact) mass is 408 g/mol. The van der Waals surface area contributed by atoms with E-state index in [9.17, 15) is 4.79 Å². The number of carbonyl (C=O) groups is 1. The third kappa shape index (κ3) is 4.03. The molecule has 9 heteroatoms. The molecule has 0 fully saturated rings. The Kier molecular flexibility index (Phi) is 5.85. The maximum atomic E-state index is 12.3. The van der Waals surface area contributed by atoms with Crippen molar-refractivity contribution in [2.45, 2.75) is 12.1 Å². The van der Waals surface area contributed by atoms with Gasteiger partial charge in [-0.2, -0.15) is 0 Å². The van der Waals surface area contributed by atoms with Gasteiger partial charge in [0.05, 0.1) is 23.4 Å². The fourth-order valence-electron chi connectivity index (χ4n) is 2.31. The molecule has 0 aliphatic carbocycles. The zero-order valence-corrected chi connectivity index (χ0v) is 16.8. The second-order valence-corrected chi connectivity index (χ2v) is 7.78. The van der Waals surface area contributed by atoms with Gasteiger partial charge in [-0.25, -0.2) is 0 Å². The lowest BCUT2D eigenvalue weighted by Crippen LogP contribution is -2.15. The number of ether oxygens (including phenoxy) is 1. The zero-order chi connectivity index (χ0) is 18.7. The number of aromatic nitrogens is 3. The first-order valence-corrected chi connectivity index (χ1v) is 9.94. The van der Waals surface area contributed by atoms with Crippen LogP contribution in [0, 0.1) is 6.92 Å². The number of hydrogen-bond donors (Lipinski definition) is 1. The van der Waals surface area contributed by atoms with Gasteiger partial charge in [0, 0.05) is 18.1 Å². The number of thiophene rings is 1. The van der Waals surface area contributed by atoms with E-state index in [1.807, 2.05) is 36.1 Å². The molecule has 0 saturated heterocycles. The number of methoxy groups -OCH3 is 1. The van der Waals surface area contributed by atoms with Crippen molar-refractivity contribution in [1.82, 2.24) is 14.8 Å². The smallest absolute Gasteiger partial charge is 0.234 e. The van der Waals surface area contributed by atoms with Crippen molar-refractivity contribution in [3.63, 3.8) is 0 Å². The molecule has 2 heterocycles. The summed E-state index contributed by atoms with van der Waals surface area (Å²) >= 11 is 9.02. The molecule has 0 aliphatic rings. The molecule has 3 aromatic rings. The topological polar surface area (TPSA) is 69.0 Å². The summed E-state index contributed by atoms with van der Waals surface area (Å²) in [4.78, 5) is 13.4. The lowest BCUT2D eigenvalue weighted by Gasteiger charge is -2.12. The van der Waals surface area contributed by atoms with Crippen LogP contribution in [-0.4, -0.2) is 33.5 Å². The molecular formula is C17H17ClN4O2S2. The first-order valence-electron chi connectivity index (χ1n) is 7.69. The molecule has 0 spiro atoms. The Morgan fingerprint density at radius 3 is 2.92 bits per heavy atom. The highest BCUT2D eigenvalue weighted by molar-refractivity contribution is 7.99. The van der Waals surface area contributed by atoms with Gasteiger partial charge in [0.25, 0.3) is 0 Å². The van der Waals surface area contributed by atoms with Gasteiger partial charge in [0.15, 0.2) is 11.0 Å². The van der Waals surface area contributed by atoms with E-state index < -0.39 is 0 Å². The molecule has 0 atom stereocenters. The molecule has 0 aliphatic heterocycles. The zero-order valence-electron chi connectivity index (χ0n) is 14.4. The van der Waals surface area contributed by atoms with E-state index >= 15 is 0 Å². The first-order chi connectivity index (χ1) is 12.5. The van der Waals surface area contributed by atoms with Crippen LogP contribution in [0.15, 0.2) is 34.8 Å². The van der Waals surface area contributed by atoms with Crippen LogP contribution in [0.3, 0.4) is 0 Å². The van der Waals surface area contributed by atoms with Crippen molar-refractivity contribution in [2.75, 3.05) is 18.2 Å². The van der Waals surface area contributed by atoms with E-state index in [1.54, 1.807) is 23.5 Å². The largest absolute Gasteiger partial charge is 0.495 e. The average Bonchev–Trinajstić information content (AvgIpc) is 3.26. The third-order valence-electron chi connectivity index (χ3n) is 3.66. The van der Waals surface area contributed by atoms with Crippen LogP contribution < -0.4 is 10.1 Å². The summed E-state index contributed by atoms with van der Waals surface area (Å²) in [5.74, 6) is 1.37. The number of halogens is 1. The van der Waals surface area contributed by atoms with Crippen molar-refractivity contribution >= 4 is 46.3 Å². The molecule has 0 bridgehead atoms. The summed E-state index contributed by atoms with van der Waals surface area (Å²) in [6.07, 6.45) is 0. The lowest BCUT2D eigenvalue weighted by atomic mass is 10.2. The Morgan fingerprint density at radius 2 is 2.23 bits per heavy atom. The van der Waals surface area contributed by atoms with Crippen LogP contribution in [0.5, 0.6) is 5.75 Å². The summed E-state index contributed by atoms with van der Waals surface area (Å²) < 4.78 is 7.16. The van der Waals surface area contributed by atoms with Crippen LogP contribution in [0.4, 0.5) is 5.69 Å². The third-order valence-corrected chi connectivity index (χ3v) is 5.96. The fraction of sp³-hybridized carbons (Fsp3) is 0.235. The first kappa shape index (κ1) is 18.8. The Balaban J connectivity index is 1.66. The predicted octanol–water partition coefficient (Wildman–Crippen LogP) is 4.24. The van der Waals surface area contributed by atoms with Crippen molar-refractivity contribution in [3.8, 4) is 16.5 Å². The summed E-state index contributed by atoms with van der Waals surface area (Å²) in [6, 6.07) is 7.44. The minimum absolute atomic E-state index is 0.157. The van der Waals surface area contributed by atoms with Gasteiger partial charge in [-0.3, -0.25) is 4.79 Å². The molecule has 1 aromatic carbocycles. The van der Waals surface area contributed by atoms with Gasteiger partial charge in [-0.1, -0.05) is 29.4 Å². The van der Waals surface area contributed by atoms with E-state index in [-0.39, 0.29) is 11.7 Å². The van der Waals surface area contributed by atoms with E-state index in [1.165, 1.54) is 18.9 Å². The normalized spacial score (nSPS) is 10.8. The van der Waals surface area contributed by atoms with Gasteiger partial charge in [-0.15, -0.1) is 21.5 Å². The molecule has 3 rings (SSSR count). The Hall–Kier alpha value is -2.03. The Labute approximate surface area is 164 Å². The number of aryl methyl sites for hydroxylation is 1. The highest BCUT2D eigenvalue weighted by Gasteiger charge is 2.15. The summed E-state index contributed by atoms with van der Waals surface area (Å²) in [5.41, 5.74) is 1.46. The number of anilines is 1. The van der Waals surface area contributed by atoms with Gasteiger partial charge >= 0.3 is 0 Å². The second-order valence-electron chi connectivity index (χ2n) is 5.48. The van der Waals surface area contributed by atoms with Crippen LogP contribution in [0.25, 0.3) is 10.7 Å². The summed E-state index contributed by atoms with van der Waals surface area (Å²) in [6.45, 7) is 1.87. The number of nitrogens with zero attached hydrogens (tertiary/aromatic N) is 3. The van der Waals surface area contributed by atoms with Crippen molar-refractivity contribution < 1.29 is 9.53 Å². The van der Waals surface area contributed by atoms with Crippen molar-refractivity contribution in [2.24, 2.45) is 7.05 Å². The molecule has 0 saturated carbocycles. The van der Waals surface area contributed by atoms with Crippen molar-refractivity contribution in [1.29, 1.82) is 0 Å². The molecule has 136 valence electrons. The van der Waals surface area contributed by atoms with Crippen LogP contribution >= 0.6 is 34.7 Å². The molecular weight excluding hydrogens is 392 g/mol. The fourth-order valence-corrected chi connectivity index (χ4v) is 3.92. The number of rotatable bonds is 6. The minimum Gasteiger partial charge on any atom is -0.495 e. The standard InChI is InChI=1S/C17H17ClN4O2S2/c1-10-7-12(13(24-3)8-11(10)18)19-15(23)9-26-17-21-20-16(22(17)2)14-5-4-6-25-14/h4-8H,9H2,1-3H3,(H,19,23). The highest BCUT2D eigenvalue weighted by Crippen LogP contribution is 2.31. The van der Waals surface area contributed by atoms with Gasteiger partial charge in [0.1, 0.15) is 5.75 Å². The minimum atomic E-state index is -0.157. The molecule has 2 aromatic heterocycles. The summed E-state index contributed by atoms with van der Waals surface area (Å²) in [7, 11) is 3.43. The average molecular weight is 409 g/mol. The van der Waals surface area contributed by atoms with Gasteiger partial charge in [-0.05, 0) is 30.0 Å². The number of nitrogens with one attached hydrogen (secondary N) is 1. The molecule has 0 unspecified atom stereocenters. The molecule has 1 N–H and O–H groups in total.